The molecule has 3 N–H and O–H groups in total. The minimum absolute atomic E-state index is 0.180. The van der Waals surface area contributed by atoms with Crippen molar-refractivity contribution in [2.75, 3.05) is 10.6 Å². The number of halogens is 2. The molecular weight excluding hydrogens is 451 g/mol. The summed E-state index contributed by atoms with van der Waals surface area (Å²) < 4.78 is 0. The first-order chi connectivity index (χ1) is 15.3. The Morgan fingerprint density at radius 3 is 2.31 bits per heavy atom. The Morgan fingerprint density at radius 2 is 1.56 bits per heavy atom. The number of rotatable bonds is 5. The number of hydrogen-bond donors (Lipinski definition) is 3. The molecule has 0 spiro atoms. The largest absolute Gasteiger partial charge is 0.329 e. The number of hydrogen-bond acceptors (Lipinski definition) is 4. The van der Waals surface area contributed by atoms with Crippen LogP contribution in [0.5, 0.6) is 0 Å². The van der Waals surface area contributed by atoms with Crippen molar-refractivity contribution in [1.82, 2.24) is 5.43 Å². The number of nitrogens with zero attached hydrogens (tertiary/aromatic N) is 1. The Labute approximate surface area is 194 Å². The monoisotopic (exact) mass is 468 g/mol. The molecule has 0 heterocycles. The van der Waals surface area contributed by atoms with E-state index in [0.29, 0.717) is 16.3 Å². The zero-order chi connectivity index (χ0) is 23.1. The fourth-order valence-corrected chi connectivity index (χ4v) is 2.99. The highest BCUT2D eigenvalue weighted by atomic mass is 35.5. The van der Waals surface area contributed by atoms with Crippen molar-refractivity contribution >= 4 is 58.5 Å². The van der Waals surface area contributed by atoms with Gasteiger partial charge in [-0.2, -0.15) is 5.10 Å². The number of benzene rings is 3. The molecule has 3 aromatic carbocycles. The van der Waals surface area contributed by atoms with Crippen LogP contribution in [0.2, 0.25) is 10.0 Å². The topological polar surface area (TPSA) is 99.7 Å². The van der Waals surface area contributed by atoms with E-state index < -0.39 is 17.7 Å². The van der Waals surface area contributed by atoms with E-state index in [1.807, 2.05) is 19.1 Å². The molecule has 0 aromatic heterocycles. The number of aryl methyl sites for hydroxylation is 1. The van der Waals surface area contributed by atoms with Crippen LogP contribution in [-0.4, -0.2) is 23.9 Å². The van der Waals surface area contributed by atoms with Crippen LogP contribution in [0.3, 0.4) is 0 Å². The highest BCUT2D eigenvalue weighted by Gasteiger charge is 2.18. The third kappa shape index (κ3) is 5.94. The van der Waals surface area contributed by atoms with Gasteiger partial charge in [0.2, 0.25) is 0 Å². The average Bonchev–Trinajstić information content (AvgIpc) is 2.78. The lowest BCUT2D eigenvalue weighted by molar-refractivity contribution is -0.136. The van der Waals surface area contributed by atoms with Crippen molar-refractivity contribution in [3.05, 3.63) is 93.5 Å². The third-order valence-corrected chi connectivity index (χ3v) is 5.12. The maximum absolute atomic E-state index is 12.6. The van der Waals surface area contributed by atoms with E-state index >= 15 is 0 Å². The first kappa shape index (κ1) is 23.0. The fraction of sp³-hybridized carbons (Fsp3) is 0.0435. The summed E-state index contributed by atoms with van der Waals surface area (Å²) >= 11 is 12.0. The molecule has 0 saturated heterocycles. The molecule has 0 radical (unpaired) electrons. The predicted octanol–water partition coefficient (Wildman–Crippen LogP) is 4.64. The summed E-state index contributed by atoms with van der Waals surface area (Å²) in [7, 11) is 0. The van der Waals surface area contributed by atoms with Gasteiger partial charge in [0.05, 0.1) is 27.5 Å². The maximum Gasteiger partial charge on any atom is 0.329 e. The van der Waals surface area contributed by atoms with E-state index in [4.69, 9.17) is 23.2 Å². The number of carbonyl (C=O) groups excluding carboxylic acids is 3. The Bertz CT molecular complexity index is 1190. The second-order valence-electron chi connectivity index (χ2n) is 6.66. The Hall–Kier alpha value is -3.68. The number of anilines is 2. The molecule has 0 unspecified atom stereocenters. The van der Waals surface area contributed by atoms with E-state index in [1.165, 1.54) is 18.3 Å². The van der Waals surface area contributed by atoms with E-state index in [2.05, 4.69) is 21.2 Å². The van der Waals surface area contributed by atoms with Crippen LogP contribution in [0.1, 0.15) is 21.5 Å². The van der Waals surface area contributed by atoms with Crippen molar-refractivity contribution in [2.24, 2.45) is 5.10 Å². The molecule has 0 aliphatic heterocycles. The van der Waals surface area contributed by atoms with Crippen molar-refractivity contribution in [1.29, 1.82) is 0 Å². The van der Waals surface area contributed by atoms with Gasteiger partial charge in [0, 0.05) is 11.3 Å². The van der Waals surface area contributed by atoms with Crippen molar-refractivity contribution in [2.45, 2.75) is 6.92 Å². The van der Waals surface area contributed by atoms with Crippen LogP contribution in [0.15, 0.2) is 71.8 Å². The van der Waals surface area contributed by atoms with Crippen LogP contribution in [0, 0.1) is 6.92 Å². The highest BCUT2D eigenvalue weighted by Crippen LogP contribution is 2.24. The molecule has 0 fully saturated rings. The average molecular weight is 469 g/mol. The number of carbonyl (C=O) groups is 3. The Balaban J connectivity index is 1.65. The van der Waals surface area contributed by atoms with Gasteiger partial charge in [0.15, 0.2) is 0 Å². The molecule has 0 bridgehead atoms. The minimum Gasteiger partial charge on any atom is -0.322 e. The van der Waals surface area contributed by atoms with E-state index in [9.17, 15) is 14.4 Å². The normalized spacial score (nSPS) is 10.6. The number of amides is 3. The summed E-state index contributed by atoms with van der Waals surface area (Å²) in [6.45, 7) is 1.94. The van der Waals surface area contributed by atoms with Crippen LogP contribution in [0.25, 0.3) is 0 Å². The molecule has 3 amide bonds. The summed E-state index contributed by atoms with van der Waals surface area (Å²) in [5, 5.41) is 9.50. The number of hydrazone groups is 1. The zero-order valence-corrected chi connectivity index (χ0v) is 18.4. The highest BCUT2D eigenvalue weighted by molar-refractivity contribution is 6.43. The van der Waals surface area contributed by atoms with Gasteiger partial charge >= 0.3 is 11.8 Å². The summed E-state index contributed by atoms with van der Waals surface area (Å²) in [5.74, 6) is -2.44. The van der Waals surface area contributed by atoms with Gasteiger partial charge in [-0.15, -0.1) is 0 Å². The standard InChI is InChI=1S/C23H18Cl2N4O3/c1-14-9-11-16(12-10-14)27-21(30)17-6-2-3-8-19(17)28-22(31)23(32)29-26-13-15-5-4-7-18(24)20(15)25/h2-13H,1H3,(H,27,30)(H,28,31)(H,29,32)/b26-13+. The Kier molecular flexibility index (Phi) is 7.59. The molecule has 0 atom stereocenters. The van der Waals surface area contributed by atoms with Gasteiger partial charge in [0.1, 0.15) is 0 Å². The molecule has 7 nitrogen and oxygen atoms in total. The maximum atomic E-state index is 12.6. The SMILES string of the molecule is Cc1ccc(NC(=O)c2ccccc2NC(=O)C(=O)N/N=C/c2cccc(Cl)c2Cl)cc1. The van der Waals surface area contributed by atoms with Gasteiger partial charge < -0.3 is 10.6 Å². The van der Waals surface area contributed by atoms with Gasteiger partial charge in [-0.3, -0.25) is 14.4 Å². The van der Waals surface area contributed by atoms with Gasteiger partial charge in [-0.25, -0.2) is 5.43 Å². The molecular formula is C23H18Cl2N4O3. The summed E-state index contributed by atoms with van der Waals surface area (Å²) in [6.07, 6.45) is 1.27. The summed E-state index contributed by atoms with van der Waals surface area (Å²) in [6, 6.07) is 18.5. The fourth-order valence-electron chi connectivity index (χ4n) is 2.64. The zero-order valence-electron chi connectivity index (χ0n) is 16.9. The lowest BCUT2D eigenvalue weighted by Crippen LogP contribution is -2.33. The molecule has 0 aliphatic rings. The Morgan fingerprint density at radius 1 is 0.844 bits per heavy atom. The smallest absolute Gasteiger partial charge is 0.322 e. The predicted molar refractivity (Wildman–Crippen MR) is 126 cm³/mol. The molecule has 3 rings (SSSR count). The lowest BCUT2D eigenvalue weighted by Gasteiger charge is -2.11. The van der Waals surface area contributed by atoms with E-state index in [0.717, 1.165) is 5.56 Å². The molecule has 0 saturated carbocycles. The summed E-state index contributed by atoms with van der Waals surface area (Å²) in [5.41, 5.74) is 4.62. The van der Waals surface area contributed by atoms with Crippen LogP contribution < -0.4 is 16.1 Å². The van der Waals surface area contributed by atoms with Gasteiger partial charge in [-0.05, 0) is 37.3 Å². The first-order valence-electron chi connectivity index (χ1n) is 9.40. The third-order valence-electron chi connectivity index (χ3n) is 4.29. The minimum atomic E-state index is -1.02. The van der Waals surface area contributed by atoms with E-state index in [-0.39, 0.29) is 16.3 Å². The molecule has 32 heavy (non-hydrogen) atoms. The van der Waals surface area contributed by atoms with Gasteiger partial charge in [-0.1, -0.05) is 65.2 Å². The number of nitrogens with one attached hydrogen (secondary N) is 3. The lowest BCUT2D eigenvalue weighted by atomic mass is 10.1. The second kappa shape index (κ2) is 10.6. The van der Waals surface area contributed by atoms with Crippen molar-refractivity contribution < 1.29 is 14.4 Å². The van der Waals surface area contributed by atoms with E-state index in [1.54, 1.807) is 42.5 Å². The molecule has 162 valence electrons. The van der Waals surface area contributed by atoms with Gasteiger partial charge in [0.25, 0.3) is 5.91 Å². The van der Waals surface area contributed by atoms with Crippen molar-refractivity contribution in [3.8, 4) is 0 Å². The first-order valence-corrected chi connectivity index (χ1v) is 10.2. The second-order valence-corrected chi connectivity index (χ2v) is 7.45. The van der Waals surface area contributed by atoms with Crippen LogP contribution in [0.4, 0.5) is 11.4 Å². The molecule has 3 aromatic rings. The van der Waals surface area contributed by atoms with Crippen molar-refractivity contribution in [3.63, 3.8) is 0 Å². The summed E-state index contributed by atoms with van der Waals surface area (Å²) in [4.78, 5) is 37.0. The van der Waals surface area contributed by atoms with Crippen LogP contribution in [-0.2, 0) is 9.59 Å². The number of para-hydroxylation sites is 1. The molecule has 9 heteroatoms. The molecule has 0 aliphatic carbocycles. The van der Waals surface area contributed by atoms with Crippen LogP contribution >= 0.6 is 23.2 Å². The quantitative estimate of drug-likeness (QED) is 0.288.